The molecule has 1 aliphatic rings. The summed E-state index contributed by atoms with van der Waals surface area (Å²) in [5.41, 5.74) is 3.31. The number of anilines is 1. The lowest BCUT2D eigenvalue weighted by Crippen LogP contribution is -2.58. The van der Waals surface area contributed by atoms with E-state index < -0.39 is 51.2 Å². The van der Waals surface area contributed by atoms with Crippen LogP contribution in [0.2, 0.25) is 0 Å². The molecular formula is C37H39N5O7S. The Morgan fingerprint density at radius 3 is 2.40 bits per heavy atom. The van der Waals surface area contributed by atoms with Crippen LogP contribution in [0.5, 0.6) is 5.75 Å². The Bertz CT molecular complexity index is 2080. The highest BCUT2D eigenvalue weighted by Crippen LogP contribution is 2.31. The summed E-state index contributed by atoms with van der Waals surface area (Å²) in [5.74, 6) is 4.04. The number of ether oxygens (including phenoxy) is 1. The van der Waals surface area contributed by atoms with Gasteiger partial charge in [-0.25, -0.2) is 13.2 Å². The number of nitrogens with zero attached hydrogens (tertiary/aromatic N) is 3. The maximum absolute atomic E-state index is 14.0. The molecule has 4 aromatic rings. The number of aromatic hydroxyl groups is 1. The van der Waals surface area contributed by atoms with Crippen LogP contribution in [-0.2, 0) is 31.2 Å². The summed E-state index contributed by atoms with van der Waals surface area (Å²) in [7, 11) is -1.88. The van der Waals surface area contributed by atoms with Gasteiger partial charge in [0.25, 0.3) is 5.91 Å². The van der Waals surface area contributed by atoms with Crippen LogP contribution in [0.1, 0.15) is 49.1 Å². The van der Waals surface area contributed by atoms with Crippen molar-refractivity contribution in [1.29, 1.82) is 0 Å². The fourth-order valence-corrected chi connectivity index (χ4v) is 6.89. The summed E-state index contributed by atoms with van der Waals surface area (Å²) in [6.07, 6.45) is 0.927. The Kier molecular flexibility index (Phi) is 10.3. The molecule has 2 atom stereocenters. The van der Waals surface area contributed by atoms with E-state index in [0.717, 1.165) is 5.56 Å². The number of phenolic OH excluding ortho intramolecular Hbond substituents is 1. The number of hydrogen-bond donors (Lipinski definition) is 3. The van der Waals surface area contributed by atoms with E-state index in [1.807, 2.05) is 13.0 Å². The molecule has 1 aliphatic heterocycles. The van der Waals surface area contributed by atoms with Crippen molar-refractivity contribution in [2.24, 2.45) is 7.05 Å². The summed E-state index contributed by atoms with van der Waals surface area (Å²) >= 11 is 0. The minimum Gasteiger partial charge on any atom is -0.507 e. The first-order chi connectivity index (χ1) is 23.6. The minimum atomic E-state index is -3.65. The molecule has 50 heavy (non-hydrogen) atoms. The minimum absolute atomic E-state index is 0.0957. The van der Waals surface area contributed by atoms with Crippen molar-refractivity contribution in [3.05, 3.63) is 101 Å². The molecule has 0 spiro atoms. The Balaban J connectivity index is 1.35. The van der Waals surface area contributed by atoms with E-state index in [9.17, 15) is 27.9 Å². The molecule has 1 fully saturated rings. The van der Waals surface area contributed by atoms with Crippen LogP contribution in [-0.4, -0.2) is 75.8 Å². The lowest BCUT2D eigenvalue weighted by atomic mass is 10.0. The van der Waals surface area contributed by atoms with Crippen molar-refractivity contribution in [2.75, 3.05) is 23.4 Å². The topological polar surface area (TPSA) is 160 Å². The molecule has 5 rings (SSSR count). The summed E-state index contributed by atoms with van der Waals surface area (Å²) in [4.78, 5) is 41.6. The van der Waals surface area contributed by atoms with E-state index in [-0.39, 0.29) is 18.0 Å². The molecule has 0 bridgehead atoms. The third kappa shape index (κ3) is 8.89. The van der Waals surface area contributed by atoms with Gasteiger partial charge in [-0.3, -0.25) is 14.3 Å². The third-order valence-corrected chi connectivity index (χ3v) is 9.42. The third-order valence-electron chi connectivity index (χ3n) is 7.79. The van der Waals surface area contributed by atoms with Crippen molar-refractivity contribution >= 4 is 33.4 Å². The maximum Gasteiger partial charge on any atom is 0.408 e. The van der Waals surface area contributed by atoms with Gasteiger partial charge in [0.15, 0.2) is 9.84 Å². The predicted octanol–water partition coefficient (Wildman–Crippen LogP) is 4.33. The highest BCUT2D eigenvalue weighted by atomic mass is 32.2. The molecule has 260 valence electrons. The lowest BCUT2D eigenvalue weighted by Gasteiger charge is -2.37. The molecule has 0 aliphatic carbocycles. The van der Waals surface area contributed by atoms with Gasteiger partial charge in [-0.1, -0.05) is 53.8 Å². The highest BCUT2D eigenvalue weighted by Gasteiger charge is 2.42. The molecular weight excluding hydrogens is 659 g/mol. The Morgan fingerprint density at radius 1 is 1.02 bits per heavy atom. The number of sulfone groups is 1. The average Bonchev–Trinajstić information content (AvgIpc) is 3.43. The SMILES string of the molecule is Cc1ccc(O)c(-c2nn(C)cc2C#Cc2ccc(NC(=O)[C@@H]3CS(=O)(=O)CCN3C(=O)[C@H](NC(=O)OC(C)(C)C)c3ccccc3)cc2)c1. The molecule has 1 aromatic heterocycles. The molecule has 12 nitrogen and oxygen atoms in total. The van der Waals surface area contributed by atoms with Gasteiger partial charge >= 0.3 is 6.09 Å². The average molecular weight is 698 g/mol. The first-order valence-electron chi connectivity index (χ1n) is 15.9. The highest BCUT2D eigenvalue weighted by molar-refractivity contribution is 7.91. The number of aromatic nitrogens is 2. The second-order valence-electron chi connectivity index (χ2n) is 13.1. The number of carbonyl (C=O) groups excluding carboxylic acids is 3. The number of alkyl carbamates (subject to hydrolysis) is 1. The summed E-state index contributed by atoms with van der Waals surface area (Å²) in [6, 6.07) is 17.8. The van der Waals surface area contributed by atoms with Crippen LogP contribution in [0.25, 0.3) is 11.3 Å². The number of phenols is 1. The summed E-state index contributed by atoms with van der Waals surface area (Å²) in [6.45, 7) is 6.76. The normalized spacial score (nSPS) is 16.0. The Morgan fingerprint density at radius 2 is 1.72 bits per heavy atom. The quantitative estimate of drug-likeness (QED) is 0.251. The number of nitrogens with one attached hydrogen (secondary N) is 2. The largest absolute Gasteiger partial charge is 0.507 e. The maximum atomic E-state index is 14.0. The molecule has 3 aromatic carbocycles. The van der Waals surface area contributed by atoms with Crippen LogP contribution < -0.4 is 10.6 Å². The van der Waals surface area contributed by atoms with Crippen LogP contribution in [0, 0.1) is 18.8 Å². The lowest BCUT2D eigenvalue weighted by molar-refractivity contribution is -0.139. The first-order valence-corrected chi connectivity index (χ1v) is 17.7. The van der Waals surface area contributed by atoms with Crippen LogP contribution >= 0.6 is 0 Å². The summed E-state index contributed by atoms with van der Waals surface area (Å²) < 4.78 is 32.4. The van der Waals surface area contributed by atoms with E-state index in [1.165, 1.54) is 4.90 Å². The van der Waals surface area contributed by atoms with Crippen LogP contribution in [0.4, 0.5) is 10.5 Å². The van der Waals surface area contributed by atoms with Crippen molar-refractivity contribution in [3.63, 3.8) is 0 Å². The predicted molar refractivity (Wildman–Crippen MR) is 189 cm³/mol. The smallest absolute Gasteiger partial charge is 0.408 e. The summed E-state index contributed by atoms with van der Waals surface area (Å²) in [5, 5.41) is 20.2. The van der Waals surface area contributed by atoms with Crippen molar-refractivity contribution in [1.82, 2.24) is 20.0 Å². The van der Waals surface area contributed by atoms with Gasteiger partial charge < -0.3 is 25.4 Å². The fraction of sp³-hybridized carbons (Fsp3) is 0.297. The zero-order chi connectivity index (χ0) is 36.2. The fourth-order valence-electron chi connectivity index (χ4n) is 5.43. The van der Waals surface area contributed by atoms with Gasteiger partial charge in [0.1, 0.15) is 29.1 Å². The molecule has 1 saturated heterocycles. The standard InChI is InChI=1S/C37H39N5O7S/c1-24-11-18-31(43)29(21-24)32-27(22-41(5)40-32)15-12-25-13-16-28(17-14-25)38-34(44)30-23-50(47,48)20-19-42(30)35(45)33(26-9-7-6-8-10-26)39-36(46)49-37(2,3)4/h6-11,13-14,16-18,21-22,30,33,43H,19-20,23H2,1-5H3,(H,38,44)(H,39,46)/t30-,33+/m0/s1. The van der Waals surface area contributed by atoms with Crippen molar-refractivity contribution in [2.45, 2.75) is 45.4 Å². The molecule has 13 heteroatoms. The Hall–Kier alpha value is -5.61. The monoisotopic (exact) mass is 697 g/mol. The van der Waals surface area contributed by atoms with Crippen molar-refractivity contribution < 1.29 is 32.6 Å². The molecule has 0 radical (unpaired) electrons. The van der Waals surface area contributed by atoms with Gasteiger partial charge in [0.05, 0.1) is 17.1 Å². The number of aryl methyl sites for hydroxylation is 2. The van der Waals surface area contributed by atoms with E-state index in [1.54, 1.807) is 105 Å². The van der Waals surface area contributed by atoms with E-state index in [0.29, 0.717) is 33.6 Å². The van der Waals surface area contributed by atoms with E-state index in [2.05, 4.69) is 27.6 Å². The molecule has 3 N–H and O–H groups in total. The number of hydrogen-bond acceptors (Lipinski definition) is 8. The molecule has 2 heterocycles. The molecule has 0 unspecified atom stereocenters. The second kappa shape index (κ2) is 14.5. The number of rotatable bonds is 6. The van der Waals surface area contributed by atoms with Crippen LogP contribution in [0.15, 0.2) is 79.0 Å². The Labute approximate surface area is 291 Å². The first kappa shape index (κ1) is 35.7. The van der Waals surface area contributed by atoms with Gasteiger partial charge in [-0.15, -0.1) is 0 Å². The van der Waals surface area contributed by atoms with Gasteiger partial charge in [0, 0.05) is 36.6 Å². The number of benzene rings is 3. The molecule has 0 saturated carbocycles. The second-order valence-corrected chi connectivity index (χ2v) is 15.3. The van der Waals surface area contributed by atoms with Gasteiger partial charge in [-0.05, 0) is 69.7 Å². The zero-order valence-electron chi connectivity index (χ0n) is 28.4. The van der Waals surface area contributed by atoms with Crippen molar-refractivity contribution in [3.8, 4) is 28.8 Å². The number of amides is 3. The number of carbonyl (C=O) groups is 3. The molecule has 3 amide bonds. The van der Waals surface area contributed by atoms with Gasteiger partial charge in [0.2, 0.25) is 5.91 Å². The van der Waals surface area contributed by atoms with Gasteiger partial charge in [-0.2, -0.15) is 5.10 Å². The van der Waals surface area contributed by atoms with E-state index in [4.69, 9.17) is 4.74 Å². The zero-order valence-corrected chi connectivity index (χ0v) is 29.2. The van der Waals surface area contributed by atoms with E-state index >= 15 is 0 Å². The van der Waals surface area contributed by atoms with Crippen LogP contribution in [0.3, 0.4) is 0 Å².